The first-order chi connectivity index (χ1) is 18.8. The Bertz CT molecular complexity index is 1390. The number of rotatable bonds is 11. The molecule has 1 aromatic carbocycles. The molecule has 14 nitrogen and oxygen atoms in total. The molecule has 3 aromatic rings. The zero-order valence-electron chi connectivity index (χ0n) is 22.6. The van der Waals surface area contributed by atoms with Gasteiger partial charge in [0.1, 0.15) is 24.0 Å². The Labute approximate surface area is 229 Å². The fourth-order valence-corrected chi connectivity index (χ4v) is 5.58. The van der Waals surface area contributed by atoms with Crippen LogP contribution in [0.15, 0.2) is 36.7 Å². The van der Waals surface area contributed by atoms with E-state index in [2.05, 4.69) is 20.0 Å². The normalized spacial score (nSPS) is 25.1. The molecule has 16 heteroatoms. The minimum absolute atomic E-state index is 0.0791. The number of nitrogens with one attached hydrogen (secondary N) is 1. The summed E-state index contributed by atoms with van der Waals surface area (Å²) in [5.74, 6) is -0.566. The summed E-state index contributed by atoms with van der Waals surface area (Å²) in [5, 5.41) is 13.4. The first kappa shape index (κ1) is 29.6. The van der Waals surface area contributed by atoms with Crippen molar-refractivity contribution in [3.05, 3.63) is 36.7 Å². The number of carbonyl (C=O) groups excluding carboxylic acids is 1. The first-order valence-electron chi connectivity index (χ1n) is 12.4. The van der Waals surface area contributed by atoms with Gasteiger partial charge in [-0.05, 0) is 39.8 Å². The highest BCUT2D eigenvalue weighted by atomic mass is 31.2. The predicted molar refractivity (Wildman–Crippen MR) is 140 cm³/mol. The number of aromatic nitrogens is 4. The van der Waals surface area contributed by atoms with E-state index in [-0.39, 0.29) is 28.7 Å². The number of benzene rings is 1. The lowest BCUT2D eigenvalue weighted by Gasteiger charge is -2.25. The third-order valence-electron chi connectivity index (χ3n) is 6.00. The minimum Gasteiger partial charge on any atom is -0.479 e. The topological polar surface area (TPSA) is 182 Å². The molecular weight excluding hydrogens is 550 g/mol. The third-order valence-corrected chi connectivity index (χ3v) is 7.65. The van der Waals surface area contributed by atoms with Crippen molar-refractivity contribution >= 4 is 30.8 Å². The highest BCUT2D eigenvalue weighted by molar-refractivity contribution is 7.52. The second-order valence-corrected chi connectivity index (χ2v) is 11.3. The summed E-state index contributed by atoms with van der Waals surface area (Å²) in [6.45, 7) is 5.33. The molecule has 4 N–H and O–H groups in total. The molecule has 40 heavy (non-hydrogen) atoms. The van der Waals surface area contributed by atoms with Gasteiger partial charge in [-0.15, -0.1) is 0 Å². The number of nitrogen functional groups attached to an aromatic ring is 1. The lowest BCUT2D eigenvalue weighted by molar-refractivity contribution is -0.149. The van der Waals surface area contributed by atoms with Gasteiger partial charge in [0, 0.05) is 0 Å². The molecule has 0 aliphatic carbocycles. The maximum Gasteiger partial charge on any atom is 0.459 e. The Kier molecular flexibility index (Phi) is 8.61. The molecule has 0 spiro atoms. The van der Waals surface area contributed by atoms with Crippen molar-refractivity contribution in [3.63, 3.8) is 0 Å². The van der Waals surface area contributed by atoms with E-state index in [1.54, 1.807) is 32.0 Å². The Morgan fingerprint density at radius 2 is 2.00 bits per heavy atom. The van der Waals surface area contributed by atoms with Crippen molar-refractivity contribution in [1.29, 1.82) is 0 Å². The van der Waals surface area contributed by atoms with Crippen LogP contribution in [0.1, 0.15) is 33.9 Å². The molecule has 1 saturated heterocycles. The summed E-state index contributed by atoms with van der Waals surface area (Å²) in [6.07, 6.45) is -3.63. The van der Waals surface area contributed by atoms with Crippen LogP contribution in [-0.4, -0.2) is 74.3 Å². The van der Waals surface area contributed by atoms with Crippen LogP contribution in [0.3, 0.4) is 0 Å². The van der Waals surface area contributed by atoms with Crippen molar-refractivity contribution in [1.82, 2.24) is 24.6 Å². The number of halogens is 1. The van der Waals surface area contributed by atoms with Crippen molar-refractivity contribution in [2.24, 2.45) is 0 Å². The first-order valence-corrected chi connectivity index (χ1v) is 13.9. The molecule has 6 atom stereocenters. The van der Waals surface area contributed by atoms with E-state index in [0.717, 1.165) is 6.92 Å². The molecule has 218 valence electrons. The fraction of sp³-hybridized carbons (Fsp3) is 0.500. The molecular formula is C24H32FN6O8P. The van der Waals surface area contributed by atoms with Crippen molar-refractivity contribution in [3.8, 4) is 11.6 Å². The molecule has 0 radical (unpaired) electrons. The zero-order chi connectivity index (χ0) is 29.2. The van der Waals surface area contributed by atoms with E-state index < -0.39 is 56.6 Å². The molecule has 2 aromatic heterocycles. The number of imidazole rings is 1. The van der Waals surface area contributed by atoms with Gasteiger partial charge in [-0.1, -0.05) is 18.2 Å². The minimum atomic E-state index is -4.29. The maximum absolute atomic E-state index is 15.9. The van der Waals surface area contributed by atoms with Crippen LogP contribution in [0.25, 0.3) is 11.2 Å². The number of aliphatic hydroxyl groups excluding tert-OH is 1. The largest absolute Gasteiger partial charge is 0.479 e. The highest BCUT2D eigenvalue weighted by Gasteiger charge is 2.56. The molecule has 4 rings (SSSR count). The van der Waals surface area contributed by atoms with E-state index in [9.17, 15) is 14.5 Å². The smallest absolute Gasteiger partial charge is 0.459 e. The number of nitrogens with zero attached hydrogens (tertiary/aromatic N) is 4. The summed E-state index contributed by atoms with van der Waals surface area (Å²) < 4.78 is 58.3. The zero-order valence-corrected chi connectivity index (χ0v) is 23.4. The number of aliphatic hydroxyl groups is 1. The number of esters is 1. The van der Waals surface area contributed by atoms with Gasteiger partial charge in [0.15, 0.2) is 23.1 Å². The summed E-state index contributed by atoms with van der Waals surface area (Å²) >= 11 is 0. The van der Waals surface area contributed by atoms with E-state index in [0.29, 0.717) is 0 Å². The Balaban J connectivity index is 1.56. The lowest BCUT2D eigenvalue weighted by Crippen LogP contribution is -2.41. The third kappa shape index (κ3) is 6.18. The quantitative estimate of drug-likeness (QED) is 0.222. The monoisotopic (exact) mass is 582 g/mol. The Morgan fingerprint density at radius 3 is 2.65 bits per heavy atom. The standard InChI is InChI=1S/C24H32FN6O8P/c1-13(2)37-21(33)14(3)30-40(34,39-15-9-7-6-8-10-15)36-11-16-18(32)24(4,25)22(38-16)31-12-27-17-19(31)28-23(26)29-20(17)35-5/h6-10,12-14,16,18,22,32H,11H2,1-5H3,(H,30,34)(H2,26,28,29)/t14-,16?,18?,22?,24+,40?/m0/s1. The average Bonchev–Trinajstić information content (AvgIpc) is 3.40. The number of para-hydroxylation sites is 1. The van der Waals surface area contributed by atoms with E-state index in [1.165, 1.54) is 37.1 Å². The van der Waals surface area contributed by atoms with Crippen LogP contribution in [0.5, 0.6) is 11.6 Å². The van der Waals surface area contributed by atoms with Gasteiger partial charge in [-0.25, -0.2) is 13.9 Å². The van der Waals surface area contributed by atoms with E-state index >= 15 is 4.39 Å². The Hall–Kier alpha value is -3.36. The number of anilines is 1. The van der Waals surface area contributed by atoms with Gasteiger partial charge in [-0.3, -0.25) is 13.9 Å². The van der Waals surface area contributed by atoms with E-state index in [4.69, 9.17) is 29.0 Å². The SMILES string of the molecule is COc1nc(N)nc2c1ncn2C1OC(COP(=O)(N[C@@H](C)C(=O)OC(C)C)Oc2ccccc2)C(O)[C@@]1(C)F. The Morgan fingerprint density at radius 1 is 1.30 bits per heavy atom. The number of alkyl halides is 1. The van der Waals surface area contributed by atoms with Crippen LogP contribution in [0.2, 0.25) is 0 Å². The summed E-state index contributed by atoms with van der Waals surface area (Å²) in [5.41, 5.74) is 3.71. The average molecular weight is 583 g/mol. The van der Waals surface area contributed by atoms with Crippen molar-refractivity contribution < 1.29 is 42.1 Å². The molecule has 0 saturated carbocycles. The van der Waals surface area contributed by atoms with Crippen LogP contribution in [0, 0.1) is 0 Å². The van der Waals surface area contributed by atoms with Crippen LogP contribution in [-0.2, 0) is 23.4 Å². The van der Waals surface area contributed by atoms with E-state index in [1.807, 2.05) is 0 Å². The molecule has 4 unspecified atom stereocenters. The molecule has 1 fully saturated rings. The lowest BCUT2D eigenvalue weighted by atomic mass is 9.98. The van der Waals surface area contributed by atoms with Gasteiger partial charge < -0.3 is 29.6 Å². The maximum atomic E-state index is 15.9. The van der Waals surface area contributed by atoms with Gasteiger partial charge in [-0.2, -0.15) is 15.1 Å². The number of ether oxygens (including phenoxy) is 3. The molecule has 3 heterocycles. The molecule has 1 aliphatic rings. The van der Waals surface area contributed by atoms with Gasteiger partial charge >= 0.3 is 13.7 Å². The molecule has 1 aliphatic heterocycles. The number of hydrogen-bond donors (Lipinski definition) is 3. The second kappa shape index (κ2) is 11.6. The van der Waals surface area contributed by atoms with Crippen LogP contribution < -0.4 is 20.1 Å². The van der Waals surface area contributed by atoms with Gasteiger partial charge in [0.05, 0.1) is 26.1 Å². The fourth-order valence-electron chi connectivity index (χ4n) is 4.08. The number of hydrogen-bond acceptors (Lipinski definition) is 12. The summed E-state index contributed by atoms with van der Waals surface area (Å²) in [7, 11) is -2.92. The van der Waals surface area contributed by atoms with Gasteiger partial charge in [0.2, 0.25) is 11.8 Å². The second-order valence-electron chi connectivity index (χ2n) is 9.57. The predicted octanol–water partition coefficient (Wildman–Crippen LogP) is 2.54. The highest BCUT2D eigenvalue weighted by Crippen LogP contribution is 2.48. The van der Waals surface area contributed by atoms with Gasteiger partial charge in [0.25, 0.3) is 0 Å². The van der Waals surface area contributed by atoms with Crippen molar-refractivity contribution in [2.45, 2.75) is 63.9 Å². The summed E-state index contributed by atoms with van der Waals surface area (Å²) in [6, 6.07) is 7.02. The van der Waals surface area contributed by atoms with Crippen LogP contribution in [0.4, 0.5) is 10.3 Å². The number of nitrogens with two attached hydrogens (primary N) is 1. The number of carbonyl (C=O) groups is 1. The van der Waals surface area contributed by atoms with Crippen LogP contribution >= 0.6 is 7.75 Å². The number of methoxy groups -OCH3 is 1. The number of fused-ring (bicyclic) bond motifs is 1. The summed E-state index contributed by atoms with van der Waals surface area (Å²) in [4.78, 5) is 24.6. The molecule has 0 bridgehead atoms. The molecule has 0 amide bonds. The van der Waals surface area contributed by atoms with Crippen molar-refractivity contribution in [2.75, 3.05) is 19.5 Å².